The van der Waals surface area contributed by atoms with E-state index >= 15 is 0 Å². The van der Waals surface area contributed by atoms with Gasteiger partial charge < -0.3 is 4.90 Å². The fourth-order valence-electron chi connectivity index (χ4n) is 2.84. The number of carbonyl (C=O) groups excluding carboxylic acids is 2. The largest absolute Gasteiger partial charge is 0.301 e. The highest BCUT2D eigenvalue weighted by Crippen LogP contribution is 2.28. The molecule has 3 rings (SSSR count). The molecule has 0 N–H and O–H groups in total. The van der Waals surface area contributed by atoms with Gasteiger partial charge in [-0.05, 0) is 43.0 Å². The molecule has 0 aromatic heterocycles. The normalized spacial score (nSPS) is 14.0. The number of benzene rings is 2. The number of fused-ring (bicyclic) bond motifs is 2. The molecule has 0 radical (unpaired) electrons. The van der Waals surface area contributed by atoms with Crippen LogP contribution < -0.4 is 4.90 Å². The second kappa shape index (κ2) is 5.52. The maximum atomic E-state index is 12.9. The minimum atomic E-state index is -0.0899. The summed E-state index contributed by atoms with van der Waals surface area (Å²) in [5.41, 5.74) is 3.72. The number of nitrogens with zero attached hydrogens (tertiary/aromatic N) is 1. The minimum Gasteiger partial charge on any atom is -0.301 e. The molecule has 0 saturated carbocycles. The minimum absolute atomic E-state index is 0.0174. The second-order valence-electron chi connectivity index (χ2n) is 5.38. The molecule has 1 aliphatic rings. The Hall–Kier alpha value is -2.42. The Bertz CT molecular complexity index is 706. The molecule has 1 heterocycles. The van der Waals surface area contributed by atoms with E-state index in [0.29, 0.717) is 5.56 Å². The zero-order valence-electron chi connectivity index (χ0n) is 12.0. The highest BCUT2D eigenvalue weighted by Gasteiger charge is 2.25. The number of carbonyl (C=O) groups is 2. The van der Waals surface area contributed by atoms with Crippen molar-refractivity contribution >= 4 is 17.4 Å². The van der Waals surface area contributed by atoms with Crippen LogP contribution in [0.1, 0.15) is 28.4 Å². The molecular weight excluding hydrogens is 262 g/mol. The fourth-order valence-corrected chi connectivity index (χ4v) is 2.84. The van der Waals surface area contributed by atoms with E-state index in [9.17, 15) is 9.59 Å². The van der Waals surface area contributed by atoms with Crippen molar-refractivity contribution in [1.29, 1.82) is 0 Å². The zero-order valence-corrected chi connectivity index (χ0v) is 12.0. The summed E-state index contributed by atoms with van der Waals surface area (Å²) in [6.45, 7) is 1.63. The molecule has 0 bridgehead atoms. The van der Waals surface area contributed by atoms with Crippen molar-refractivity contribution in [3.8, 4) is 0 Å². The van der Waals surface area contributed by atoms with Crippen molar-refractivity contribution in [3.05, 3.63) is 65.2 Å². The van der Waals surface area contributed by atoms with Crippen molar-refractivity contribution in [2.24, 2.45) is 0 Å². The van der Waals surface area contributed by atoms with E-state index in [1.54, 1.807) is 4.90 Å². The number of ketones is 1. The van der Waals surface area contributed by atoms with Crippen LogP contribution in [0.25, 0.3) is 0 Å². The van der Waals surface area contributed by atoms with Gasteiger partial charge in [-0.3, -0.25) is 9.59 Å². The first-order chi connectivity index (χ1) is 10.2. The van der Waals surface area contributed by atoms with E-state index in [-0.39, 0.29) is 18.2 Å². The highest BCUT2D eigenvalue weighted by atomic mass is 16.2. The molecule has 0 saturated heterocycles. The Balaban J connectivity index is 2.13. The number of anilines is 1. The first-order valence-electron chi connectivity index (χ1n) is 7.14. The number of Topliss-reactive ketones (excluding diaryl/α,β-unsaturated/α-hetero) is 1. The second-order valence-corrected chi connectivity index (χ2v) is 5.38. The summed E-state index contributed by atoms with van der Waals surface area (Å²) in [4.78, 5) is 26.1. The van der Waals surface area contributed by atoms with Crippen molar-refractivity contribution in [2.45, 2.75) is 19.8 Å². The topological polar surface area (TPSA) is 37.4 Å². The molecule has 2 aromatic rings. The number of aryl methyl sites for hydroxylation is 2. The van der Waals surface area contributed by atoms with Gasteiger partial charge >= 0.3 is 0 Å². The summed E-state index contributed by atoms with van der Waals surface area (Å²) in [6, 6.07) is 15.5. The van der Waals surface area contributed by atoms with E-state index in [1.165, 1.54) is 6.92 Å². The number of rotatable bonds is 2. The van der Waals surface area contributed by atoms with E-state index < -0.39 is 0 Å². The first-order valence-corrected chi connectivity index (χ1v) is 7.14. The summed E-state index contributed by atoms with van der Waals surface area (Å²) < 4.78 is 0. The molecule has 0 atom stereocenters. The van der Waals surface area contributed by atoms with Gasteiger partial charge in [0.2, 0.25) is 0 Å². The maximum absolute atomic E-state index is 12.9. The molecule has 106 valence electrons. The molecule has 0 fully saturated rings. The van der Waals surface area contributed by atoms with Gasteiger partial charge in [-0.25, -0.2) is 0 Å². The van der Waals surface area contributed by atoms with Gasteiger partial charge in [-0.15, -0.1) is 0 Å². The Morgan fingerprint density at radius 2 is 1.62 bits per heavy atom. The van der Waals surface area contributed by atoms with Crippen LogP contribution >= 0.6 is 0 Å². The molecule has 1 aliphatic heterocycles. The van der Waals surface area contributed by atoms with E-state index in [0.717, 1.165) is 29.7 Å². The summed E-state index contributed by atoms with van der Waals surface area (Å²) in [7, 11) is 0. The van der Waals surface area contributed by atoms with Crippen molar-refractivity contribution in [1.82, 2.24) is 0 Å². The van der Waals surface area contributed by atoms with Crippen LogP contribution in [0.5, 0.6) is 0 Å². The van der Waals surface area contributed by atoms with E-state index in [2.05, 4.69) is 0 Å². The molecule has 21 heavy (non-hydrogen) atoms. The van der Waals surface area contributed by atoms with Crippen molar-refractivity contribution in [2.75, 3.05) is 11.4 Å². The average molecular weight is 279 g/mol. The zero-order chi connectivity index (χ0) is 14.8. The van der Waals surface area contributed by atoms with Gasteiger partial charge in [0.1, 0.15) is 5.78 Å². The van der Waals surface area contributed by atoms with Crippen LogP contribution in [-0.4, -0.2) is 18.2 Å². The van der Waals surface area contributed by atoms with Crippen molar-refractivity contribution in [3.63, 3.8) is 0 Å². The van der Waals surface area contributed by atoms with Crippen LogP contribution in [-0.2, 0) is 17.6 Å². The van der Waals surface area contributed by atoms with Gasteiger partial charge in [-0.1, -0.05) is 36.4 Å². The lowest BCUT2D eigenvalue weighted by Crippen LogP contribution is -2.37. The SMILES string of the molecule is CC(=O)CN1C(=O)c2ccccc2CCc2ccccc21. The number of hydrogen-bond donors (Lipinski definition) is 0. The van der Waals surface area contributed by atoms with Crippen LogP contribution in [0.4, 0.5) is 5.69 Å². The summed E-state index contributed by atoms with van der Waals surface area (Å²) in [5, 5.41) is 0. The molecule has 0 unspecified atom stereocenters. The third kappa shape index (κ3) is 2.59. The summed E-state index contributed by atoms with van der Waals surface area (Å²) >= 11 is 0. The first kappa shape index (κ1) is 13.6. The van der Waals surface area contributed by atoms with Gasteiger partial charge in [0.15, 0.2) is 0 Å². The molecule has 2 aromatic carbocycles. The predicted molar refractivity (Wildman–Crippen MR) is 82.6 cm³/mol. The van der Waals surface area contributed by atoms with Gasteiger partial charge in [0.05, 0.1) is 6.54 Å². The Morgan fingerprint density at radius 1 is 1.00 bits per heavy atom. The van der Waals surface area contributed by atoms with E-state index in [1.807, 2.05) is 48.5 Å². The van der Waals surface area contributed by atoms with Crippen molar-refractivity contribution < 1.29 is 9.59 Å². The number of amides is 1. The fraction of sp³-hybridized carbons (Fsp3) is 0.222. The lowest BCUT2D eigenvalue weighted by Gasteiger charge is -2.27. The monoisotopic (exact) mass is 279 g/mol. The highest BCUT2D eigenvalue weighted by molar-refractivity contribution is 6.10. The smallest absolute Gasteiger partial charge is 0.258 e. The third-order valence-corrected chi connectivity index (χ3v) is 3.82. The predicted octanol–water partition coefficient (Wildman–Crippen LogP) is 3.02. The Labute approximate surface area is 124 Å². The Kier molecular flexibility index (Phi) is 3.57. The van der Waals surface area contributed by atoms with Crippen LogP contribution in [0.15, 0.2) is 48.5 Å². The lowest BCUT2D eigenvalue weighted by molar-refractivity contribution is -0.115. The lowest BCUT2D eigenvalue weighted by atomic mass is 9.95. The van der Waals surface area contributed by atoms with E-state index in [4.69, 9.17) is 0 Å². The molecule has 3 heteroatoms. The molecular formula is C18H17NO2. The quantitative estimate of drug-likeness (QED) is 0.847. The van der Waals surface area contributed by atoms with Gasteiger partial charge in [0, 0.05) is 11.3 Å². The number of para-hydroxylation sites is 1. The van der Waals surface area contributed by atoms with Gasteiger partial charge in [-0.2, -0.15) is 0 Å². The molecule has 3 nitrogen and oxygen atoms in total. The number of hydrogen-bond acceptors (Lipinski definition) is 2. The summed E-state index contributed by atoms with van der Waals surface area (Å²) in [5.74, 6) is -0.107. The summed E-state index contributed by atoms with van der Waals surface area (Å²) in [6.07, 6.45) is 1.71. The van der Waals surface area contributed by atoms with Crippen LogP contribution in [0.2, 0.25) is 0 Å². The standard InChI is InChI=1S/C18H17NO2/c1-13(20)12-19-17-9-5-3-7-15(17)11-10-14-6-2-4-8-16(14)18(19)21/h2-9H,10-12H2,1H3. The molecule has 0 spiro atoms. The molecule has 1 amide bonds. The maximum Gasteiger partial charge on any atom is 0.258 e. The Morgan fingerprint density at radius 3 is 2.38 bits per heavy atom. The van der Waals surface area contributed by atoms with Gasteiger partial charge in [0.25, 0.3) is 5.91 Å². The molecule has 0 aliphatic carbocycles. The van der Waals surface area contributed by atoms with Crippen LogP contribution in [0.3, 0.4) is 0 Å². The average Bonchev–Trinajstić information content (AvgIpc) is 2.49. The van der Waals surface area contributed by atoms with Crippen LogP contribution in [0, 0.1) is 0 Å². The third-order valence-electron chi connectivity index (χ3n) is 3.82.